The zero-order valence-corrected chi connectivity index (χ0v) is 11.6. The van der Waals surface area contributed by atoms with Gasteiger partial charge in [-0.2, -0.15) is 0 Å². The average Bonchev–Trinajstić information content (AvgIpc) is 2.83. The number of aromatic nitrogens is 1. The Balaban J connectivity index is 2.41. The monoisotopic (exact) mass is 282 g/mol. The fraction of sp³-hybridized carbons (Fsp3) is 0.308. The van der Waals surface area contributed by atoms with Gasteiger partial charge in [0.05, 0.1) is 19.4 Å². The Hall–Kier alpha value is -1.50. The van der Waals surface area contributed by atoms with Crippen LogP contribution in [-0.2, 0) is 17.9 Å². The van der Waals surface area contributed by atoms with E-state index in [0.29, 0.717) is 13.2 Å². The van der Waals surface area contributed by atoms with Crippen LogP contribution in [-0.4, -0.2) is 19.2 Å². The second-order valence-electron chi connectivity index (χ2n) is 3.88. The number of nitrogens with two attached hydrogens (primary N) is 1. The molecule has 102 valence electrons. The predicted octanol–water partition coefficient (Wildman–Crippen LogP) is 2.56. The van der Waals surface area contributed by atoms with Crippen molar-refractivity contribution in [3.05, 3.63) is 34.6 Å². The first kappa shape index (κ1) is 13.9. The van der Waals surface area contributed by atoms with E-state index in [1.807, 2.05) is 0 Å². The number of halogens is 1. The van der Waals surface area contributed by atoms with Crippen LogP contribution >= 0.6 is 11.3 Å². The quantitative estimate of drug-likeness (QED) is 0.915. The maximum absolute atomic E-state index is 13.4. The standard InChI is InChI=1S/C13H15FN2O2S/c1-17-7-10-12(6-15)19-13(16-10)8-3-4-9(14)11(5-8)18-2/h3-5H,6-7,15H2,1-2H3. The number of ether oxygens (including phenoxy) is 2. The molecule has 2 rings (SSSR count). The number of rotatable bonds is 5. The number of hydrogen-bond donors (Lipinski definition) is 1. The molecule has 0 aliphatic rings. The Labute approximate surface area is 115 Å². The van der Waals surface area contributed by atoms with E-state index >= 15 is 0 Å². The van der Waals surface area contributed by atoms with Crippen molar-refractivity contribution in [1.29, 1.82) is 0 Å². The van der Waals surface area contributed by atoms with Gasteiger partial charge in [-0.3, -0.25) is 0 Å². The summed E-state index contributed by atoms with van der Waals surface area (Å²) in [5.74, 6) is -0.186. The minimum Gasteiger partial charge on any atom is -0.494 e. The van der Waals surface area contributed by atoms with Crippen LogP contribution < -0.4 is 10.5 Å². The fourth-order valence-electron chi connectivity index (χ4n) is 1.71. The first-order valence-corrected chi connectivity index (χ1v) is 6.52. The van der Waals surface area contributed by atoms with Crippen molar-refractivity contribution in [3.63, 3.8) is 0 Å². The van der Waals surface area contributed by atoms with Gasteiger partial charge in [-0.05, 0) is 18.2 Å². The summed E-state index contributed by atoms with van der Waals surface area (Å²) in [6.45, 7) is 0.829. The molecule has 0 atom stereocenters. The van der Waals surface area contributed by atoms with Crippen LogP contribution in [0.5, 0.6) is 5.75 Å². The number of benzene rings is 1. The highest BCUT2D eigenvalue weighted by molar-refractivity contribution is 7.15. The van der Waals surface area contributed by atoms with Crippen LogP contribution in [0.4, 0.5) is 4.39 Å². The summed E-state index contributed by atoms with van der Waals surface area (Å²) in [7, 11) is 3.05. The largest absolute Gasteiger partial charge is 0.494 e. The van der Waals surface area contributed by atoms with Crippen LogP contribution in [0.15, 0.2) is 18.2 Å². The van der Waals surface area contributed by atoms with Gasteiger partial charge in [-0.25, -0.2) is 9.37 Å². The smallest absolute Gasteiger partial charge is 0.165 e. The topological polar surface area (TPSA) is 57.4 Å². The van der Waals surface area contributed by atoms with Gasteiger partial charge in [-0.1, -0.05) is 0 Å². The van der Waals surface area contributed by atoms with E-state index in [-0.39, 0.29) is 11.6 Å². The second-order valence-corrected chi connectivity index (χ2v) is 4.96. The fourth-order valence-corrected chi connectivity index (χ4v) is 2.65. The third-order valence-electron chi connectivity index (χ3n) is 2.64. The molecule has 1 heterocycles. The maximum Gasteiger partial charge on any atom is 0.165 e. The summed E-state index contributed by atoms with van der Waals surface area (Å²) in [5.41, 5.74) is 7.32. The van der Waals surface area contributed by atoms with Gasteiger partial charge < -0.3 is 15.2 Å². The van der Waals surface area contributed by atoms with Gasteiger partial charge in [0.2, 0.25) is 0 Å². The molecule has 0 saturated carbocycles. The van der Waals surface area contributed by atoms with E-state index in [1.54, 1.807) is 19.2 Å². The molecule has 0 radical (unpaired) electrons. The van der Waals surface area contributed by atoms with E-state index in [1.165, 1.54) is 24.5 Å². The summed E-state index contributed by atoms with van der Waals surface area (Å²) in [5, 5.41) is 0.783. The molecule has 19 heavy (non-hydrogen) atoms. The van der Waals surface area contributed by atoms with E-state index in [9.17, 15) is 4.39 Å². The van der Waals surface area contributed by atoms with Crippen LogP contribution in [0, 0.1) is 5.82 Å². The molecule has 0 spiro atoms. The lowest BCUT2D eigenvalue weighted by Gasteiger charge is -2.03. The number of hydrogen-bond acceptors (Lipinski definition) is 5. The molecular weight excluding hydrogens is 267 g/mol. The third-order valence-corrected chi connectivity index (χ3v) is 3.81. The average molecular weight is 282 g/mol. The number of methoxy groups -OCH3 is 2. The molecule has 1 aromatic heterocycles. The highest BCUT2D eigenvalue weighted by atomic mass is 32.1. The normalized spacial score (nSPS) is 10.7. The lowest BCUT2D eigenvalue weighted by atomic mass is 10.2. The predicted molar refractivity (Wildman–Crippen MR) is 72.7 cm³/mol. The highest BCUT2D eigenvalue weighted by Gasteiger charge is 2.13. The van der Waals surface area contributed by atoms with Crippen LogP contribution in [0.1, 0.15) is 10.6 Å². The first-order chi connectivity index (χ1) is 9.19. The Morgan fingerprint density at radius 3 is 2.79 bits per heavy atom. The van der Waals surface area contributed by atoms with Crippen molar-refractivity contribution in [2.24, 2.45) is 5.73 Å². The number of thiazole rings is 1. The zero-order chi connectivity index (χ0) is 13.8. The maximum atomic E-state index is 13.4. The summed E-state index contributed by atoms with van der Waals surface area (Å²) < 4.78 is 23.4. The molecule has 0 aliphatic carbocycles. The van der Waals surface area contributed by atoms with E-state index in [2.05, 4.69) is 4.98 Å². The summed E-state index contributed by atoms with van der Waals surface area (Å²) in [6, 6.07) is 4.67. The molecule has 0 amide bonds. The molecule has 2 aromatic rings. The molecule has 2 N–H and O–H groups in total. The lowest BCUT2D eigenvalue weighted by molar-refractivity contribution is 0.181. The molecular formula is C13H15FN2O2S. The molecule has 0 unspecified atom stereocenters. The van der Waals surface area contributed by atoms with E-state index in [0.717, 1.165) is 21.1 Å². The molecule has 0 bridgehead atoms. The first-order valence-electron chi connectivity index (χ1n) is 5.71. The van der Waals surface area contributed by atoms with Crippen LogP contribution in [0.2, 0.25) is 0 Å². The molecule has 0 saturated heterocycles. The molecule has 1 aromatic carbocycles. The van der Waals surface area contributed by atoms with Crippen molar-refractivity contribution in [2.75, 3.05) is 14.2 Å². The third kappa shape index (κ3) is 2.91. The molecule has 0 aliphatic heterocycles. The molecule has 4 nitrogen and oxygen atoms in total. The minimum absolute atomic E-state index is 0.204. The molecule has 6 heteroatoms. The SMILES string of the molecule is COCc1nc(-c2ccc(F)c(OC)c2)sc1CN. The van der Waals surface area contributed by atoms with Crippen molar-refractivity contribution >= 4 is 11.3 Å². The van der Waals surface area contributed by atoms with Crippen LogP contribution in [0.3, 0.4) is 0 Å². The van der Waals surface area contributed by atoms with Crippen LogP contribution in [0.25, 0.3) is 10.6 Å². The van der Waals surface area contributed by atoms with Gasteiger partial charge in [-0.15, -0.1) is 11.3 Å². The Bertz CT molecular complexity index is 572. The summed E-state index contributed by atoms with van der Waals surface area (Å²) in [4.78, 5) is 5.45. The van der Waals surface area contributed by atoms with Gasteiger partial charge in [0, 0.05) is 24.1 Å². The van der Waals surface area contributed by atoms with Gasteiger partial charge in [0.25, 0.3) is 0 Å². The number of nitrogens with zero attached hydrogens (tertiary/aromatic N) is 1. The Morgan fingerprint density at radius 2 is 2.16 bits per heavy atom. The van der Waals surface area contributed by atoms with Gasteiger partial charge in [0.15, 0.2) is 11.6 Å². The van der Waals surface area contributed by atoms with Gasteiger partial charge >= 0.3 is 0 Å². The van der Waals surface area contributed by atoms with Gasteiger partial charge in [0.1, 0.15) is 5.01 Å². The minimum atomic E-state index is -0.390. The zero-order valence-electron chi connectivity index (χ0n) is 10.8. The van der Waals surface area contributed by atoms with Crippen molar-refractivity contribution < 1.29 is 13.9 Å². The van der Waals surface area contributed by atoms with Crippen molar-refractivity contribution in [2.45, 2.75) is 13.2 Å². The Morgan fingerprint density at radius 1 is 1.37 bits per heavy atom. The lowest BCUT2D eigenvalue weighted by Crippen LogP contribution is -1.99. The van der Waals surface area contributed by atoms with E-state index < -0.39 is 0 Å². The highest BCUT2D eigenvalue weighted by Crippen LogP contribution is 2.31. The summed E-state index contributed by atoms with van der Waals surface area (Å²) in [6.07, 6.45) is 0. The van der Waals surface area contributed by atoms with E-state index in [4.69, 9.17) is 15.2 Å². The van der Waals surface area contributed by atoms with Crippen molar-refractivity contribution in [1.82, 2.24) is 4.98 Å². The second kappa shape index (κ2) is 6.10. The summed E-state index contributed by atoms with van der Waals surface area (Å²) >= 11 is 1.48. The van der Waals surface area contributed by atoms with Crippen molar-refractivity contribution in [3.8, 4) is 16.3 Å². The Kier molecular flexibility index (Phi) is 4.47. The molecule has 0 fully saturated rings.